The molecule has 9 heteroatoms. The molecule has 0 aliphatic rings. The molecule has 0 N–H and O–H groups in total. The Morgan fingerprint density at radius 2 is 0.800 bits per heavy atom. The van der Waals surface area contributed by atoms with Crippen LogP contribution in [-0.4, -0.2) is 22.4 Å². The topological polar surface area (TPSA) is 103 Å². The predicted octanol–water partition coefficient (Wildman–Crippen LogP) is 6.65. The molecular weight excluding hydrogens is 612 g/mol. The van der Waals surface area contributed by atoms with Crippen LogP contribution >= 0.6 is 0 Å². The van der Waals surface area contributed by atoms with Crippen LogP contribution in [0.4, 0.5) is 23.0 Å². The van der Waals surface area contributed by atoms with E-state index in [9.17, 15) is 10.2 Å². The monoisotopic (exact) mass is 639 g/mol. The summed E-state index contributed by atoms with van der Waals surface area (Å²) >= 11 is 0. The number of rotatable bonds is 8. The minimum Gasteiger partial charge on any atom is -0.872 e. The molecule has 0 saturated carbocycles. The van der Waals surface area contributed by atoms with Crippen molar-refractivity contribution in [1.82, 2.24) is 9.97 Å². The van der Waals surface area contributed by atoms with E-state index in [4.69, 9.17) is 0 Å². The van der Waals surface area contributed by atoms with Gasteiger partial charge in [0.05, 0.1) is 23.8 Å². The summed E-state index contributed by atoms with van der Waals surface area (Å²) < 4.78 is 0. The van der Waals surface area contributed by atoms with Crippen LogP contribution in [0.1, 0.15) is 11.1 Å². The number of hydrazone groups is 2. The molecule has 225 valence electrons. The van der Waals surface area contributed by atoms with Gasteiger partial charge in [0.15, 0.2) is 11.6 Å². The summed E-state index contributed by atoms with van der Waals surface area (Å²) in [6.07, 6.45) is 6.54. The van der Waals surface area contributed by atoms with E-state index in [2.05, 4.69) is 20.2 Å². The van der Waals surface area contributed by atoms with Crippen LogP contribution in [0.25, 0.3) is 0 Å². The van der Waals surface area contributed by atoms with E-state index in [1.54, 1.807) is 59.1 Å². The van der Waals surface area contributed by atoms with Gasteiger partial charge < -0.3 is 10.2 Å². The second-order valence-electron chi connectivity index (χ2n) is 9.24. The Hall–Kier alpha value is -5.76. The van der Waals surface area contributed by atoms with Gasteiger partial charge in [-0.3, -0.25) is 0 Å². The molecule has 45 heavy (non-hydrogen) atoms. The minimum atomic E-state index is -0.0553. The smallest absolute Gasteiger partial charge is 0.872 e. The number of hydrogen-bond acceptors (Lipinski definition) is 8. The molecule has 0 unspecified atom stereocenters. The van der Waals surface area contributed by atoms with Gasteiger partial charge in [-0.1, -0.05) is 109 Å². The van der Waals surface area contributed by atoms with Gasteiger partial charge in [-0.25, -0.2) is 20.0 Å². The van der Waals surface area contributed by atoms with Crippen molar-refractivity contribution < 1.29 is 27.3 Å². The first-order valence-electron chi connectivity index (χ1n) is 13.8. The van der Waals surface area contributed by atoms with Crippen LogP contribution in [0.3, 0.4) is 0 Å². The molecule has 2 aromatic heterocycles. The van der Waals surface area contributed by atoms with Gasteiger partial charge >= 0.3 is 17.1 Å². The number of anilines is 4. The van der Waals surface area contributed by atoms with Crippen LogP contribution in [-0.2, 0) is 17.1 Å². The number of pyridine rings is 2. The van der Waals surface area contributed by atoms with E-state index < -0.39 is 0 Å². The second-order valence-corrected chi connectivity index (χ2v) is 9.24. The Bertz CT molecular complexity index is 1580. The molecule has 0 aliphatic carbocycles. The van der Waals surface area contributed by atoms with Crippen LogP contribution in [0.2, 0.25) is 0 Å². The first kappa shape index (κ1) is 32.2. The number of aromatic nitrogens is 2. The molecule has 0 bridgehead atoms. The molecule has 0 saturated heterocycles. The summed E-state index contributed by atoms with van der Waals surface area (Å²) in [7, 11) is 0. The summed E-state index contributed by atoms with van der Waals surface area (Å²) in [5.74, 6) is 1.27. The summed E-state index contributed by atoms with van der Waals surface area (Å²) in [6.45, 7) is 0. The minimum absolute atomic E-state index is 0. The molecule has 6 aromatic rings. The molecule has 4 aromatic carbocycles. The third-order valence-electron chi connectivity index (χ3n) is 6.20. The molecule has 0 spiro atoms. The zero-order valence-electron chi connectivity index (χ0n) is 24.0. The van der Waals surface area contributed by atoms with Crippen molar-refractivity contribution in [2.75, 3.05) is 10.0 Å². The van der Waals surface area contributed by atoms with Gasteiger partial charge in [0.2, 0.25) is 0 Å². The summed E-state index contributed by atoms with van der Waals surface area (Å²) in [4.78, 5) is 8.65. The third-order valence-corrected chi connectivity index (χ3v) is 6.20. The number of nitrogens with zero attached hydrogens (tertiary/aromatic N) is 6. The van der Waals surface area contributed by atoms with Crippen molar-refractivity contribution in [3.05, 3.63) is 169 Å². The molecule has 0 fully saturated rings. The van der Waals surface area contributed by atoms with E-state index in [0.29, 0.717) is 22.8 Å². The Morgan fingerprint density at radius 1 is 0.444 bits per heavy atom. The normalized spacial score (nSPS) is 10.5. The van der Waals surface area contributed by atoms with E-state index in [1.165, 1.54) is 12.1 Å². The first-order valence-corrected chi connectivity index (χ1v) is 13.8. The maximum Gasteiger partial charge on any atom is 2.00 e. The summed E-state index contributed by atoms with van der Waals surface area (Å²) in [5.41, 5.74) is 2.83. The Labute approximate surface area is 272 Å². The zero-order valence-corrected chi connectivity index (χ0v) is 24.9. The molecule has 2 heterocycles. The van der Waals surface area contributed by atoms with Gasteiger partial charge in [0.25, 0.3) is 0 Å². The maximum absolute atomic E-state index is 11.8. The van der Waals surface area contributed by atoms with Crippen LogP contribution < -0.4 is 20.2 Å². The third kappa shape index (κ3) is 9.11. The Kier molecular flexibility index (Phi) is 12.0. The summed E-state index contributed by atoms with van der Waals surface area (Å²) in [6, 6.07) is 44.2. The molecule has 0 aliphatic heterocycles. The fourth-order valence-corrected chi connectivity index (χ4v) is 4.03. The number of para-hydroxylation sites is 4. The number of hydrogen-bond donors (Lipinski definition) is 0. The van der Waals surface area contributed by atoms with Crippen molar-refractivity contribution in [3.63, 3.8) is 0 Å². The second kappa shape index (κ2) is 16.8. The van der Waals surface area contributed by atoms with Gasteiger partial charge in [0, 0.05) is 12.4 Å². The first-order chi connectivity index (χ1) is 21.7. The molecule has 0 amide bonds. The van der Waals surface area contributed by atoms with Gasteiger partial charge in [0.1, 0.15) is 0 Å². The van der Waals surface area contributed by atoms with E-state index >= 15 is 0 Å². The van der Waals surface area contributed by atoms with E-state index in [0.717, 1.165) is 11.4 Å². The Balaban J connectivity index is 0.000000200. The predicted molar refractivity (Wildman–Crippen MR) is 173 cm³/mol. The van der Waals surface area contributed by atoms with Gasteiger partial charge in [-0.2, -0.15) is 10.2 Å². The van der Waals surface area contributed by atoms with Crippen molar-refractivity contribution >= 4 is 35.4 Å². The Morgan fingerprint density at radius 3 is 1.16 bits per heavy atom. The molecule has 0 atom stereocenters. The van der Waals surface area contributed by atoms with Gasteiger partial charge in [-0.05, 0) is 59.7 Å². The van der Waals surface area contributed by atoms with E-state index in [1.807, 2.05) is 109 Å². The average molecular weight is 640 g/mol. The van der Waals surface area contributed by atoms with E-state index in [-0.39, 0.29) is 28.6 Å². The molecule has 1 radical (unpaired) electrons. The van der Waals surface area contributed by atoms with Crippen molar-refractivity contribution in [1.29, 1.82) is 0 Å². The standard InChI is InChI=1S/2C18H15N3O.Cu/c2*22-17-11-5-4-8-15(17)14-20-21(16-9-2-1-3-10-16)18-12-6-7-13-19-18;/h2*1-14,22H;/q;;+2/p-2/b2*20-14+;. The quantitative estimate of drug-likeness (QED) is 0.105. The SMILES string of the molecule is [Cu+2].[O-]c1ccccc1/C=N/N(c1ccccc1)c1ccccn1.[O-]c1ccccc1/C=N/N(c1ccccc1)c1ccccn1. The van der Waals surface area contributed by atoms with Crippen LogP contribution in [0.15, 0.2) is 168 Å². The van der Waals surface area contributed by atoms with Crippen molar-refractivity contribution in [2.24, 2.45) is 10.2 Å². The largest absolute Gasteiger partial charge is 2.00 e. The van der Waals surface area contributed by atoms with Gasteiger partial charge in [-0.15, -0.1) is 0 Å². The number of benzene rings is 4. The molecule has 6 rings (SSSR count). The fourth-order valence-electron chi connectivity index (χ4n) is 4.03. The van der Waals surface area contributed by atoms with Crippen molar-refractivity contribution in [2.45, 2.75) is 0 Å². The zero-order chi connectivity index (χ0) is 30.4. The van der Waals surface area contributed by atoms with Crippen LogP contribution in [0, 0.1) is 0 Å². The fraction of sp³-hybridized carbons (Fsp3) is 0. The van der Waals surface area contributed by atoms with Crippen LogP contribution in [0.5, 0.6) is 11.5 Å². The maximum atomic E-state index is 11.8. The average Bonchev–Trinajstić information content (AvgIpc) is 3.09. The molecular formula is C36H28CuN6O2. The molecule has 8 nitrogen and oxygen atoms in total. The van der Waals surface area contributed by atoms with Crippen molar-refractivity contribution in [3.8, 4) is 11.5 Å². The summed E-state index contributed by atoms with van der Waals surface area (Å²) in [5, 5.41) is 35.8.